The van der Waals surface area contributed by atoms with Gasteiger partial charge in [0, 0.05) is 21.8 Å². The van der Waals surface area contributed by atoms with Crippen LogP contribution in [0.3, 0.4) is 0 Å². The summed E-state index contributed by atoms with van der Waals surface area (Å²) < 4.78 is 58.6. The number of ether oxygens (including phenoxy) is 1. The van der Waals surface area contributed by atoms with E-state index in [1.807, 2.05) is 0 Å². The van der Waals surface area contributed by atoms with Crippen molar-refractivity contribution in [2.45, 2.75) is 17.2 Å². The van der Waals surface area contributed by atoms with E-state index in [0.717, 1.165) is 17.8 Å². The lowest BCUT2D eigenvalue weighted by atomic mass is 10.1. The Morgan fingerprint density at radius 1 is 0.833 bits per heavy atom. The SMILES string of the molecule is O=C(CSc1ccccc1C(=O)OC(C(=O)Nc1ccc(Cl)c(C(F)(F)F)c1)c1ccccc1)Nc1ccc(F)cc1. The number of anilines is 2. The van der Waals surface area contributed by atoms with Crippen LogP contribution in [0, 0.1) is 5.82 Å². The number of carbonyl (C=O) groups excluding carboxylic acids is 3. The fraction of sp³-hybridized carbons (Fsp3) is 0.100. The standard InChI is InChI=1S/C30H21ClF4N2O4S/c31-24-15-14-21(16-23(24)30(33,34)35)37-28(39)27(18-6-2-1-3-7-18)41-29(40)22-8-4-5-9-25(22)42-17-26(38)36-20-12-10-19(32)11-13-20/h1-16,27H,17H2,(H,36,38)(H,37,39). The van der Waals surface area contributed by atoms with Crippen molar-refractivity contribution in [2.75, 3.05) is 16.4 Å². The van der Waals surface area contributed by atoms with Crippen LogP contribution in [0.25, 0.3) is 0 Å². The van der Waals surface area contributed by atoms with E-state index in [4.69, 9.17) is 16.3 Å². The van der Waals surface area contributed by atoms with Crippen LogP contribution in [0.15, 0.2) is 102 Å². The molecule has 42 heavy (non-hydrogen) atoms. The monoisotopic (exact) mass is 616 g/mol. The Balaban J connectivity index is 1.51. The van der Waals surface area contributed by atoms with E-state index in [9.17, 15) is 31.9 Å². The number of alkyl halides is 3. The van der Waals surface area contributed by atoms with Crippen LogP contribution in [0.2, 0.25) is 5.02 Å². The summed E-state index contributed by atoms with van der Waals surface area (Å²) >= 11 is 6.71. The quantitative estimate of drug-likeness (QED) is 0.114. The maximum atomic E-state index is 13.3. The first kappa shape index (κ1) is 30.6. The van der Waals surface area contributed by atoms with Gasteiger partial charge in [-0.05, 0) is 54.6 Å². The first-order valence-corrected chi connectivity index (χ1v) is 13.6. The molecule has 6 nitrogen and oxygen atoms in total. The minimum atomic E-state index is -4.75. The lowest BCUT2D eigenvalue weighted by molar-refractivity contribution is -0.137. The Morgan fingerprint density at radius 3 is 2.17 bits per heavy atom. The smallest absolute Gasteiger partial charge is 0.417 e. The molecule has 0 bridgehead atoms. The summed E-state index contributed by atoms with van der Waals surface area (Å²) in [7, 11) is 0. The number of nitrogens with one attached hydrogen (secondary N) is 2. The molecule has 0 aliphatic carbocycles. The molecule has 0 aromatic heterocycles. The maximum absolute atomic E-state index is 13.3. The van der Waals surface area contributed by atoms with Gasteiger partial charge < -0.3 is 15.4 Å². The van der Waals surface area contributed by atoms with Gasteiger partial charge in [0.15, 0.2) is 0 Å². The number of benzene rings is 4. The van der Waals surface area contributed by atoms with Gasteiger partial charge >= 0.3 is 12.1 Å². The fourth-order valence-corrected chi connectivity index (χ4v) is 4.80. The van der Waals surface area contributed by atoms with Crippen molar-refractivity contribution >= 4 is 52.5 Å². The Labute approximate surface area is 247 Å². The Hall–Kier alpha value is -4.35. The van der Waals surface area contributed by atoms with E-state index in [0.29, 0.717) is 16.6 Å². The van der Waals surface area contributed by atoms with Crippen molar-refractivity contribution in [1.82, 2.24) is 0 Å². The van der Waals surface area contributed by atoms with Crippen LogP contribution in [-0.2, 0) is 20.5 Å². The number of esters is 1. The summed E-state index contributed by atoms with van der Waals surface area (Å²) in [5.41, 5.74) is -0.593. The number of amides is 2. The second-order valence-corrected chi connectivity index (χ2v) is 10.1. The van der Waals surface area contributed by atoms with Crippen molar-refractivity contribution in [2.24, 2.45) is 0 Å². The third kappa shape index (κ3) is 8.11. The minimum Gasteiger partial charge on any atom is -0.444 e. The third-order valence-electron chi connectivity index (χ3n) is 5.70. The highest BCUT2D eigenvalue weighted by Gasteiger charge is 2.34. The molecule has 4 aromatic rings. The molecule has 0 radical (unpaired) electrons. The predicted molar refractivity (Wildman–Crippen MR) is 152 cm³/mol. The van der Waals surface area contributed by atoms with Gasteiger partial charge in [-0.2, -0.15) is 13.2 Å². The van der Waals surface area contributed by atoms with Crippen molar-refractivity contribution < 1.29 is 36.7 Å². The third-order valence-corrected chi connectivity index (χ3v) is 7.10. The summed E-state index contributed by atoms with van der Waals surface area (Å²) in [4.78, 5) is 39.3. The normalized spacial score (nSPS) is 11.8. The number of hydrogen-bond donors (Lipinski definition) is 2. The molecular weight excluding hydrogens is 596 g/mol. The summed E-state index contributed by atoms with van der Waals surface area (Å²) in [6.07, 6.45) is -6.27. The molecule has 0 aliphatic heterocycles. The van der Waals surface area contributed by atoms with Gasteiger partial charge in [-0.15, -0.1) is 11.8 Å². The zero-order chi connectivity index (χ0) is 30.3. The average Bonchev–Trinajstić information content (AvgIpc) is 2.97. The maximum Gasteiger partial charge on any atom is 0.417 e. The summed E-state index contributed by atoms with van der Waals surface area (Å²) in [6.45, 7) is 0. The van der Waals surface area contributed by atoms with Crippen molar-refractivity contribution in [1.29, 1.82) is 0 Å². The topological polar surface area (TPSA) is 84.5 Å². The molecule has 216 valence electrons. The molecule has 0 fully saturated rings. The van der Waals surface area contributed by atoms with Crippen LogP contribution in [-0.4, -0.2) is 23.5 Å². The number of thioether (sulfide) groups is 1. The van der Waals surface area contributed by atoms with E-state index in [1.165, 1.54) is 48.5 Å². The lowest BCUT2D eigenvalue weighted by Crippen LogP contribution is -2.26. The molecule has 2 amide bonds. The predicted octanol–water partition coefficient (Wildman–Crippen LogP) is 7.77. The van der Waals surface area contributed by atoms with Crippen LogP contribution in [0.1, 0.15) is 27.6 Å². The van der Waals surface area contributed by atoms with E-state index in [1.54, 1.807) is 36.4 Å². The number of hydrogen-bond acceptors (Lipinski definition) is 5. The highest BCUT2D eigenvalue weighted by atomic mass is 35.5. The Morgan fingerprint density at radius 2 is 1.48 bits per heavy atom. The summed E-state index contributed by atoms with van der Waals surface area (Å²) in [6, 6.07) is 22.3. The van der Waals surface area contributed by atoms with Gasteiger partial charge in [-0.25, -0.2) is 9.18 Å². The molecule has 1 atom stereocenters. The van der Waals surface area contributed by atoms with Crippen LogP contribution in [0.5, 0.6) is 0 Å². The second kappa shape index (κ2) is 13.5. The summed E-state index contributed by atoms with van der Waals surface area (Å²) in [5, 5.41) is 4.45. The molecule has 4 rings (SSSR count). The van der Waals surface area contributed by atoms with Crippen molar-refractivity contribution in [3.05, 3.63) is 125 Å². The molecule has 12 heteroatoms. The largest absolute Gasteiger partial charge is 0.444 e. The average molecular weight is 617 g/mol. The molecule has 0 spiro atoms. The van der Waals surface area contributed by atoms with E-state index in [-0.39, 0.29) is 22.6 Å². The Kier molecular flexibility index (Phi) is 9.87. The molecular formula is C30H21ClF4N2O4S. The van der Waals surface area contributed by atoms with Gasteiger partial charge in [-0.3, -0.25) is 9.59 Å². The van der Waals surface area contributed by atoms with Crippen molar-refractivity contribution in [3.8, 4) is 0 Å². The first-order valence-electron chi connectivity index (χ1n) is 12.2. The summed E-state index contributed by atoms with van der Waals surface area (Å²) in [5.74, 6) is -2.74. The van der Waals surface area contributed by atoms with E-state index in [2.05, 4.69) is 10.6 Å². The van der Waals surface area contributed by atoms with E-state index >= 15 is 0 Å². The van der Waals surface area contributed by atoms with Crippen LogP contribution < -0.4 is 10.6 Å². The van der Waals surface area contributed by atoms with Gasteiger partial charge in [0.25, 0.3) is 5.91 Å². The molecule has 1 unspecified atom stereocenters. The van der Waals surface area contributed by atoms with Gasteiger partial charge in [-0.1, -0.05) is 54.1 Å². The highest BCUT2D eigenvalue weighted by molar-refractivity contribution is 8.00. The van der Waals surface area contributed by atoms with Crippen LogP contribution >= 0.6 is 23.4 Å². The zero-order valence-electron chi connectivity index (χ0n) is 21.5. The van der Waals surface area contributed by atoms with Gasteiger partial charge in [0.05, 0.1) is 21.9 Å². The number of halogens is 5. The lowest BCUT2D eigenvalue weighted by Gasteiger charge is -2.19. The van der Waals surface area contributed by atoms with E-state index < -0.39 is 46.5 Å². The first-order chi connectivity index (χ1) is 20.0. The molecule has 4 aromatic carbocycles. The van der Waals surface area contributed by atoms with Crippen LogP contribution in [0.4, 0.5) is 28.9 Å². The highest BCUT2D eigenvalue weighted by Crippen LogP contribution is 2.36. The molecule has 0 saturated carbocycles. The second-order valence-electron chi connectivity index (χ2n) is 8.72. The molecule has 0 saturated heterocycles. The van der Waals surface area contributed by atoms with Crippen molar-refractivity contribution in [3.63, 3.8) is 0 Å². The van der Waals surface area contributed by atoms with Gasteiger partial charge in [0.1, 0.15) is 5.82 Å². The Bertz CT molecular complexity index is 1580. The minimum absolute atomic E-state index is 0.0664. The van der Waals surface area contributed by atoms with Gasteiger partial charge in [0.2, 0.25) is 12.0 Å². The fourth-order valence-electron chi connectivity index (χ4n) is 3.73. The number of rotatable bonds is 9. The molecule has 0 aliphatic rings. The molecule has 2 N–H and O–H groups in total. The zero-order valence-corrected chi connectivity index (χ0v) is 23.0. The number of carbonyl (C=O) groups is 3. The molecule has 0 heterocycles.